The number of carbonyl (C=O) groups excluding carboxylic acids is 1. The Kier molecular flexibility index (Phi) is 3.90. The number of furan rings is 1. The van der Waals surface area contributed by atoms with E-state index in [1.165, 1.54) is 6.08 Å². The molecule has 0 saturated carbocycles. The number of rotatable bonds is 3. The Balaban J connectivity index is 2.24. The van der Waals surface area contributed by atoms with Gasteiger partial charge in [-0.2, -0.15) is 0 Å². The van der Waals surface area contributed by atoms with E-state index in [1.807, 2.05) is 0 Å². The lowest BCUT2D eigenvalue weighted by molar-refractivity contribution is 0.102. The fourth-order valence-electron chi connectivity index (χ4n) is 1.48. The lowest BCUT2D eigenvalue weighted by Gasteiger charge is -2.00. The SMILES string of the molecule is Cc1ccc(C(=O)C=Cc2c(Cl)cccc2Cl)o1. The summed E-state index contributed by atoms with van der Waals surface area (Å²) < 4.78 is 5.23. The van der Waals surface area contributed by atoms with Gasteiger partial charge in [0.2, 0.25) is 5.78 Å². The van der Waals surface area contributed by atoms with Gasteiger partial charge in [-0.25, -0.2) is 0 Å². The average molecular weight is 281 g/mol. The average Bonchev–Trinajstić information content (AvgIpc) is 2.75. The summed E-state index contributed by atoms with van der Waals surface area (Å²) >= 11 is 12.0. The van der Waals surface area contributed by atoms with Crippen molar-refractivity contribution in [1.29, 1.82) is 0 Å². The second kappa shape index (κ2) is 5.42. The van der Waals surface area contributed by atoms with Gasteiger partial charge in [-0.15, -0.1) is 0 Å². The predicted molar refractivity (Wildman–Crippen MR) is 73.3 cm³/mol. The summed E-state index contributed by atoms with van der Waals surface area (Å²) in [5.41, 5.74) is 0.623. The molecule has 2 aromatic rings. The maximum atomic E-state index is 11.8. The molecule has 0 aliphatic heterocycles. The molecular formula is C14H10Cl2O2. The van der Waals surface area contributed by atoms with Crippen LogP contribution in [0.15, 0.2) is 40.8 Å². The van der Waals surface area contributed by atoms with Gasteiger partial charge in [-0.05, 0) is 43.3 Å². The number of carbonyl (C=O) groups is 1. The Morgan fingerprint density at radius 3 is 2.39 bits per heavy atom. The van der Waals surface area contributed by atoms with E-state index in [1.54, 1.807) is 43.3 Å². The van der Waals surface area contributed by atoms with Crippen LogP contribution in [0, 0.1) is 6.92 Å². The Morgan fingerprint density at radius 1 is 1.17 bits per heavy atom. The van der Waals surface area contributed by atoms with E-state index in [-0.39, 0.29) is 5.78 Å². The van der Waals surface area contributed by atoms with Gasteiger partial charge in [0.05, 0.1) is 0 Å². The van der Waals surface area contributed by atoms with Crippen molar-refractivity contribution in [3.63, 3.8) is 0 Å². The number of ketones is 1. The van der Waals surface area contributed by atoms with Gasteiger partial charge in [-0.1, -0.05) is 29.3 Å². The van der Waals surface area contributed by atoms with E-state index in [2.05, 4.69) is 0 Å². The van der Waals surface area contributed by atoms with Crippen LogP contribution in [0.5, 0.6) is 0 Å². The molecule has 0 unspecified atom stereocenters. The second-order valence-electron chi connectivity index (χ2n) is 3.74. The van der Waals surface area contributed by atoms with Crippen LogP contribution >= 0.6 is 23.2 Å². The minimum atomic E-state index is -0.223. The Morgan fingerprint density at radius 2 is 1.83 bits per heavy atom. The first-order valence-electron chi connectivity index (χ1n) is 5.31. The maximum Gasteiger partial charge on any atom is 0.221 e. The molecule has 0 atom stereocenters. The van der Waals surface area contributed by atoms with Gasteiger partial charge >= 0.3 is 0 Å². The minimum Gasteiger partial charge on any atom is -0.458 e. The summed E-state index contributed by atoms with van der Waals surface area (Å²) in [6, 6.07) is 8.56. The van der Waals surface area contributed by atoms with Crippen LogP contribution in [0.2, 0.25) is 10.0 Å². The summed E-state index contributed by atoms with van der Waals surface area (Å²) in [4.78, 5) is 11.8. The summed E-state index contributed by atoms with van der Waals surface area (Å²) in [6.07, 6.45) is 2.98. The zero-order chi connectivity index (χ0) is 13.1. The van der Waals surface area contributed by atoms with E-state index in [9.17, 15) is 4.79 Å². The molecule has 0 radical (unpaired) electrons. The van der Waals surface area contributed by atoms with Crippen molar-refractivity contribution in [3.05, 3.63) is 63.5 Å². The standard InChI is InChI=1S/C14H10Cl2O2/c1-9-5-8-14(18-9)13(17)7-6-10-11(15)3-2-4-12(10)16/h2-8H,1H3. The van der Waals surface area contributed by atoms with Crippen molar-refractivity contribution in [1.82, 2.24) is 0 Å². The van der Waals surface area contributed by atoms with E-state index in [4.69, 9.17) is 27.6 Å². The number of hydrogen-bond donors (Lipinski definition) is 0. The third kappa shape index (κ3) is 2.84. The fourth-order valence-corrected chi connectivity index (χ4v) is 2.00. The second-order valence-corrected chi connectivity index (χ2v) is 4.56. The normalized spacial score (nSPS) is 11.1. The Bertz CT molecular complexity index is 592. The molecular weight excluding hydrogens is 271 g/mol. The van der Waals surface area contributed by atoms with Gasteiger partial charge in [0.25, 0.3) is 0 Å². The first-order valence-corrected chi connectivity index (χ1v) is 6.06. The summed E-state index contributed by atoms with van der Waals surface area (Å²) in [5, 5.41) is 1.00. The summed E-state index contributed by atoms with van der Waals surface area (Å²) in [7, 11) is 0. The van der Waals surface area contributed by atoms with Crippen LogP contribution in [-0.2, 0) is 0 Å². The molecule has 1 heterocycles. The fraction of sp³-hybridized carbons (Fsp3) is 0.0714. The quantitative estimate of drug-likeness (QED) is 0.598. The summed E-state index contributed by atoms with van der Waals surface area (Å²) in [6.45, 7) is 1.78. The highest BCUT2D eigenvalue weighted by Crippen LogP contribution is 2.25. The predicted octanol–water partition coefficient (Wildman–Crippen LogP) is 4.79. The monoisotopic (exact) mass is 280 g/mol. The number of allylic oxidation sites excluding steroid dienone is 1. The summed E-state index contributed by atoms with van der Waals surface area (Å²) in [5.74, 6) is 0.772. The molecule has 2 nitrogen and oxygen atoms in total. The van der Waals surface area contributed by atoms with Crippen molar-refractivity contribution in [3.8, 4) is 0 Å². The topological polar surface area (TPSA) is 30.2 Å². The molecule has 1 aromatic carbocycles. The van der Waals surface area contributed by atoms with Gasteiger partial charge in [0, 0.05) is 15.6 Å². The first kappa shape index (κ1) is 12.9. The minimum absolute atomic E-state index is 0.223. The lowest BCUT2D eigenvalue weighted by Crippen LogP contribution is -1.90. The third-order valence-electron chi connectivity index (χ3n) is 2.38. The third-order valence-corrected chi connectivity index (χ3v) is 3.04. The van der Waals surface area contributed by atoms with Crippen LogP contribution in [0.4, 0.5) is 0 Å². The molecule has 0 fully saturated rings. The van der Waals surface area contributed by atoms with E-state index < -0.39 is 0 Å². The van der Waals surface area contributed by atoms with Crippen LogP contribution in [-0.4, -0.2) is 5.78 Å². The first-order chi connectivity index (χ1) is 8.58. The maximum absolute atomic E-state index is 11.8. The van der Waals surface area contributed by atoms with Crippen molar-refractivity contribution in [2.24, 2.45) is 0 Å². The number of aryl methyl sites for hydroxylation is 1. The lowest BCUT2D eigenvalue weighted by atomic mass is 10.2. The van der Waals surface area contributed by atoms with Crippen LogP contribution in [0.1, 0.15) is 21.9 Å². The molecule has 0 bridgehead atoms. The largest absolute Gasteiger partial charge is 0.458 e. The molecule has 92 valence electrons. The van der Waals surface area contributed by atoms with Crippen molar-refractivity contribution in [2.75, 3.05) is 0 Å². The van der Waals surface area contributed by atoms with Crippen LogP contribution < -0.4 is 0 Å². The molecule has 0 aliphatic carbocycles. The molecule has 0 aliphatic rings. The van der Waals surface area contributed by atoms with Crippen molar-refractivity contribution in [2.45, 2.75) is 6.92 Å². The van der Waals surface area contributed by atoms with Crippen LogP contribution in [0.3, 0.4) is 0 Å². The molecule has 0 N–H and O–H groups in total. The highest BCUT2D eigenvalue weighted by molar-refractivity contribution is 6.37. The smallest absolute Gasteiger partial charge is 0.221 e. The number of halogens is 2. The van der Waals surface area contributed by atoms with Gasteiger partial charge < -0.3 is 4.42 Å². The zero-order valence-corrected chi connectivity index (χ0v) is 11.1. The molecule has 0 saturated heterocycles. The van der Waals surface area contributed by atoms with Gasteiger partial charge in [0.15, 0.2) is 5.76 Å². The van der Waals surface area contributed by atoms with E-state index >= 15 is 0 Å². The van der Waals surface area contributed by atoms with Crippen molar-refractivity contribution >= 4 is 35.1 Å². The number of benzene rings is 1. The number of hydrogen-bond acceptors (Lipinski definition) is 2. The van der Waals surface area contributed by atoms with Gasteiger partial charge in [0.1, 0.15) is 5.76 Å². The van der Waals surface area contributed by atoms with Gasteiger partial charge in [-0.3, -0.25) is 4.79 Å². The molecule has 1 aromatic heterocycles. The van der Waals surface area contributed by atoms with E-state index in [0.29, 0.717) is 27.1 Å². The molecule has 0 amide bonds. The van der Waals surface area contributed by atoms with Crippen molar-refractivity contribution < 1.29 is 9.21 Å². The van der Waals surface area contributed by atoms with E-state index in [0.717, 1.165) is 0 Å². The molecule has 18 heavy (non-hydrogen) atoms. The highest BCUT2D eigenvalue weighted by Gasteiger charge is 2.07. The molecule has 0 spiro atoms. The Labute approximate surface area is 115 Å². The Hall–Kier alpha value is -1.51. The molecule has 4 heteroatoms. The van der Waals surface area contributed by atoms with Crippen LogP contribution in [0.25, 0.3) is 6.08 Å². The highest BCUT2D eigenvalue weighted by atomic mass is 35.5. The zero-order valence-electron chi connectivity index (χ0n) is 9.61. The molecule has 2 rings (SSSR count).